The molecule has 0 aromatic carbocycles. The number of rotatable bonds is 12. The van der Waals surface area contributed by atoms with E-state index in [9.17, 15) is 0 Å². The maximum Gasteiger partial charge on any atom is -0.282 e. The van der Waals surface area contributed by atoms with Crippen LogP contribution in [0.2, 0.25) is 0 Å². The molecule has 0 bridgehead atoms. The molecule has 0 atom stereocenters. The van der Waals surface area contributed by atoms with E-state index in [-0.39, 0.29) is 0 Å². The number of nitroso groups, excluding NO2 is 2. The van der Waals surface area contributed by atoms with Crippen molar-refractivity contribution in [3.63, 3.8) is 0 Å². The fourth-order valence-electron chi connectivity index (χ4n) is 1.06. The minimum Gasteiger partial charge on any atom is -0.577 e. The summed E-state index contributed by atoms with van der Waals surface area (Å²) < 4.78 is 17.2. The third kappa shape index (κ3) is 26.9. The molecular weight excluding hydrogens is 367 g/mol. The van der Waals surface area contributed by atoms with Gasteiger partial charge in [0.1, 0.15) is 0 Å². The predicted molar refractivity (Wildman–Crippen MR) is 89.7 cm³/mol. The molecule has 10 heteroatoms. The van der Waals surface area contributed by atoms with E-state index in [1.165, 1.54) is 0 Å². The van der Waals surface area contributed by atoms with Gasteiger partial charge in [0.25, 0.3) is 0 Å². The maximum atomic E-state index is 7.75. The molecule has 0 aliphatic carbocycles. The molecule has 0 aromatic rings. The first-order valence-electron chi connectivity index (χ1n) is 7.29. The Morgan fingerprint density at radius 2 is 0.957 bits per heavy atom. The molecule has 0 saturated carbocycles. The molecule has 0 radical (unpaired) electrons. The summed E-state index contributed by atoms with van der Waals surface area (Å²) in [5.41, 5.74) is 11.5. The zero-order valence-corrected chi connectivity index (χ0v) is 16.1. The van der Waals surface area contributed by atoms with Crippen LogP contribution < -0.4 is 0 Å². The Morgan fingerprint density at radius 1 is 0.739 bits per heavy atom. The van der Waals surface area contributed by atoms with Gasteiger partial charge < -0.3 is 25.8 Å². The van der Waals surface area contributed by atoms with Crippen LogP contribution in [0, 0.1) is 9.81 Å². The largest absolute Gasteiger partial charge is 0.577 e. The second-order valence-electron chi connectivity index (χ2n) is 3.98. The van der Waals surface area contributed by atoms with Crippen LogP contribution >= 0.6 is 6.19 Å². The summed E-state index contributed by atoms with van der Waals surface area (Å²) in [4.78, 5) is 22.2. The van der Waals surface area contributed by atoms with Gasteiger partial charge in [-0.3, -0.25) is 6.79 Å². The predicted octanol–water partition coefficient (Wildman–Crippen LogP) is 5.03. The van der Waals surface area contributed by atoms with Gasteiger partial charge in [-0.2, -0.15) is 0 Å². The Kier molecular flexibility index (Phi) is 39.4. The van der Waals surface area contributed by atoms with Gasteiger partial charge in [0.2, 0.25) is 0 Å². The molecular formula is C13H28FeN2O6P-3. The average molecular weight is 395 g/mol. The molecule has 23 heavy (non-hydrogen) atoms. The van der Waals surface area contributed by atoms with Gasteiger partial charge in [0.15, 0.2) is 0 Å². The number of carbonyl (C=O) groups excluding carboxylic acids is 1. The molecule has 0 aliphatic heterocycles. The van der Waals surface area contributed by atoms with Crippen molar-refractivity contribution < 1.29 is 33.5 Å². The Bertz CT molecular complexity index is 227. The minimum atomic E-state index is -2.31. The van der Waals surface area contributed by atoms with Gasteiger partial charge in [0.05, 0.1) is 0 Å². The third-order valence-electron chi connectivity index (χ3n) is 2.22. The molecule has 0 saturated heterocycles. The third-order valence-corrected chi connectivity index (χ3v) is 4.96. The van der Waals surface area contributed by atoms with Crippen molar-refractivity contribution in [1.82, 2.24) is 0 Å². The first-order chi connectivity index (χ1) is 11.2. The molecule has 0 amide bonds. The van der Waals surface area contributed by atoms with Crippen molar-refractivity contribution in [2.75, 3.05) is 19.8 Å². The molecule has 0 rings (SSSR count). The zero-order valence-electron chi connectivity index (χ0n) is 14.1. The second kappa shape index (κ2) is 29.7. The van der Waals surface area contributed by atoms with Crippen molar-refractivity contribution >= 4 is 13.0 Å². The van der Waals surface area contributed by atoms with Crippen LogP contribution in [0.4, 0.5) is 0 Å². The van der Waals surface area contributed by atoms with Crippen LogP contribution in [-0.2, 0) is 33.5 Å². The SMILES string of the molecule is CCCCO[P](=[Fe])(OCCCC)OCCCC.[CH-]=O.[N-]=O.[N-]=O. The van der Waals surface area contributed by atoms with Crippen LogP contribution in [0.25, 0.3) is 11.2 Å². The standard InChI is InChI=1S/C12H27O3P.CHO.Fe.2NO/c1-4-7-10-13-16(14-11-8-5-2)15-12-9-6-3;1-2;;2*1-2/h4-12H2,1-3H3;1H;;;/q;-1;;2*-1. The van der Waals surface area contributed by atoms with Crippen molar-refractivity contribution in [2.45, 2.75) is 59.3 Å². The van der Waals surface area contributed by atoms with Gasteiger partial charge >= 0.3 is 114 Å². The number of unbranched alkanes of at least 4 members (excludes halogenated alkanes) is 3. The van der Waals surface area contributed by atoms with Gasteiger partial charge in [0, 0.05) is 0 Å². The van der Waals surface area contributed by atoms with E-state index in [1.54, 1.807) is 0 Å². The van der Waals surface area contributed by atoms with Gasteiger partial charge in [-0.1, -0.05) is 0 Å². The Morgan fingerprint density at radius 3 is 1.13 bits per heavy atom. The minimum absolute atomic E-state index is 0.687. The van der Waals surface area contributed by atoms with Crippen molar-refractivity contribution in [3.8, 4) is 0 Å². The van der Waals surface area contributed by atoms with E-state index in [1.807, 2.05) is 0 Å². The number of hydrogen-bond donors (Lipinski definition) is 0. The monoisotopic (exact) mass is 395 g/mol. The van der Waals surface area contributed by atoms with E-state index in [4.69, 9.17) is 39.4 Å². The maximum absolute atomic E-state index is 7.75. The summed E-state index contributed by atoms with van der Waals surface area (Å²) in [5, 5.41) is 0. The molecule has 0 unspecified atom stereocenters. The molecule has 8 nitrogen and oxygen atoms in total. The molecule has 0 spiro atoms. The van der Waals surface area contributed by atoms with E-state index in [2.05, 4.69) is 42.7 Å². The molecule has 0 aliphatic rings. The topological polar surface area (TPSA) is 124 Å². The summed E-state index contributed by atoms with van der Waals surface area (Å²) in [6.07, 6.45) is 4.14. The molecule has 0 N–H and O–H groups in total. The summed E-state index contributed by atoms with van der Waals surface area (Å²) in [7, 11) is 0. The summed E-state index contributed by atoms with van der Waals surface area (Å²) in [6, 6.07) is 0. The average Bonchev–Trinajstić information content (AvgIpc) is 2.61. The van der Waals surface area contributed by atoms with Crippen LogP contribution in [0.3, 0.4) is 0 Å². The number of nitrogens with zero attached hydrogens (tertiary/aromatic N) is 2. The van der Waals surface area contributed by atoms with E-state index in [0.29, 0.717) is 19.8 Å². The van der Waals surface area contributed by atoms with E-state index >= 15 is 0 Å². The quantitative estimate of drug-likeness (QED) is 0.150. The fourth-order valence-corrected chi connectivity index (χ4v) is 3.22. The molecule has 0 heterocycles. The first kappa shape index (κ1) is 30.6. The molecule has 0 fully saturated rings. The Balaban J connectivity index is -0.000000267. The van der Waals surface area contributed by atoms with Crippen molar-refractivity contribution in [3.05, 3.63) is 21.0 Å². The fraction of sp³-hybridized carbons (Fsp3) is 0.923. The first-order valence-corrected chi connectivity index (χ1v) is 10.2. The van der Waals surface area contributed by atoms with Gasteiger partial charge in [-0.05, 0) is 0 Å². The van der Waals surface area contributed by atoms with Crippen LogP contribution in [0.5, 0.6) is 0 Å². The Labute approximate surface area is 147 Å². The zero-order chi connectivity index (χ0) is 19.0. The van der Waals surface area contributed by atoms with Gasteiger partial charge in [-0.25, -0.2) is 0 Å². The van der Waals surface area contributed by atoms with Crippen LogP contribution in [0.1, 0.15) is 59.3 Å². The summed E-state index contributed by atoms with van der Waals surface area (Å²) in [6.45, 7) is 11.7. The Hall–Kier alpha value is -0.301. The number of hydrogen-bond acceptors (Lipinski definition) is 6. The van der Waals surface area contributed by atoms with E-state index < -0.39 is 6.19 Å². The summed E-state index contributed by atoms with van der Waals surface area (Å²) in [5.74, 6) is 0. The molecule has 0 aromatic heterocycles. The van der Waals surface area contributed by atoms with Crippen LogP contribution in [0.15, 0.2) is 0 Å². The summed E-state index contributed by atoms with van der Waals surface area (Å²) >= 11 is 4.03. The van der Waals surface area contributed by atoms with Crippen molar-refractivity contribution in [1.29, 1.82) is 0 Å². The van der Waals surface area contributed by atoms with E-state index in [0.717, 1.165) is 38.5 Å². The van der Waals surface area contributed by atoms with Crippen LogP contribution in [-0.4, -0.2) is 26.6 Å². The normalized spacial score (nSPS) is 9.39. The second-order valence-corrected chi connectivity index (χ2v) is 7.40. The van der Waals surface area contributed by atoms with Crippen molar-refractivity contribution in [2.24, 2.45) is 0 Å². The van der Waals surface area contributed by atoms with Gasteiger partial charge in [-0.15, -0.1) is 0 Å². The smallest absolute Gasteiger partial charge is 0.282 e. The molecule has 142 valence electrons.